The lowest BCUT2D eigenvalue weighted by molar-refractivity contribution is 0.0883. The number of aliphatic hydroxyl groups is 1. The first-order chi connectivity index (χ1) is 4.75. The fourth-order valence-electron chi connectivity index (χ4n) is 1.22. The van der Waals surface area contributed by atoms with Crippen LogP contribution >= 0.6 is 0 Å². The smallest absolute Gasteiger partial charge is 0.0824 e. The minimum atomic E-state index is -0.273. The van der Waals surface area contributed by atoms with Crippen molar-refractivity contribution in [2.75, 3.05) is 6.61 Å². The van der Waals surface area contributed by atoms with Crippen LogP contribution in [0.2, 0.25) is 0 Å². The Morgan fingerprint density at radius 2 is 2.50 bits per heavy atom. The van der Waals surface area contributed by atoms with Crippen LogP contribution in [-0.2, 0) is 4.74 Å². The molecule has 0 saturated carbocycles. The minimum absolute atomic E-state index is 0.187. The van der Waals surface area contributed by atoms with E-state index in [1.54, 1.807) is 0 Å². The highest BCUT2D eigenvalue weighted by atomic mass is 16.5. The molecule has 3 atom stereocenters. The molecule has 0 bridgehead atoms. The van der Waals surface area contributed by atoms with Gasteiger partial charge in [0.25, 0.3) is 0 Å². The highest BCUT2D eigenvalue weighted by molar-refractivity contribution is 4.85. The second-order valence-corrected chi connectivity index (χ2v) is 2.82. The fourth-order valence-corrected chi connectivity index (χ4v) is 1.22. The van der Waals surface area contributed by atoms with Crippen LogP contribution in [0.1, 0.15) is 13.3 Å². The maximum absolute atomic E-state index is 9.24. The van der Waals surface area contributed by atoms with Gasteiger partial charge in [0.2, 0.25) is 0 Å². The highest BCUT2D eigenvalue weighted by Crippen LogP contribution is 2.23. The maximum Gasteiger partial charge on any atom is 0.0824 e. The van der Waals surface area contributed by atoms with Gasteiger partial charge in [0, 0.05) is 5.92 Å². The molecule has 0 aliphatic carbocycles. The fraction of sp³-hybridized carbons (Fsp3) is 0.750. The van der Waals surface area contributed by atoms with Crippen LogP contribution in [0.15, 0.2) is 12.7 Å². The molecule has 0 spiro atoms. The van der Waals surface area contributed by atoms with Gasteiger partial charge in [0.05, 0.1) is 18.8 Å². The van der Waals surface area contributed by atoms with Crippen molar-refractivity contribution in [3.8, 4) is 0 Å². The summed E-state index contributed by atoms with van der Waals surface area (Å²) in [6.07, 6.45) is 2.59. The molecule has 2 nitrogen and oxygen atoms in total. The van der Waals surface area contributed by atoms with Crippen molar-refractivity contribution >= 4 is 0 Å². The zero-order chi connectivity index (χ0) is 7.56. The summed E-state index contributed by atoms with van der Waals surface area (Å²) in [4.78, 5) is 0. The van der Waals surface area contributed by atoms with Crippen LogP contribution in [0, 0.1) is 5.92 Å². The van der Waals surface area contributed by atoms with Gasteiger partial charge >= 0.3 is 0 Å². The van der Waals surface area contributed by atoms with E-state index in [0.717, 1.165) is 6.42 Å². The molecule has 58 valence electrons. The van der Waals surface area contributed by atoms with E-state index in [4.69, 9.17) is 4.74 Å². The SMILES string of the molecule is C=CCC1OCC(O)C1C. The average Bonchev–Trinajstić information content (AvgIpc) is 2.20. The summed E-state index contributed by atoms with van der Waals surface area (Å²) in [5, 5.41) is 9.24. The van der Waals surface area contributed by atoms with Gasteiger partial charge < -0.3 is 9.84 Å². The van der Waals surface area contributed by atoms with Gasteiger partial charge in [-0.05, 0) is 6.42 Å². The largest absolute Gasteiger partial charge is 0.390 e. The minimum Gasteiger partial charge on any atom is -0.390 e. The Hall–Kier alpha value is -0.340. The van der Waals surface area contributed by atoms with Crippen LogP contribution in [-0.4, -0.2) is 23.9 Å². The molecule has 1 aliphatic rings. The first kappa shape index (κ1) is 7.76. The Kier molecular flexibility index (Phi) is 2.46. The van der Waals surface area contributed by atoms with Crippen LogP contribution < -0.4 is 0 Å². The van der Waals surface area contributed by atoms with Crippen LogP contribution in [0.25, 0.3) is 0 Å². The van der Waals surface area contributed by atoms with Crippen LogP contribution in [0.4, 0.5) is 0 Å². The van der Waals surface area contributed by atoms with E-state index in [1.165, 1.54) is 0 Å². The van der Waals surface area contributed by atoms with Crippen LogP contribution in [0.5, 0.6) is 0 Å². The predicted molar refractivity (Wildman–Crippen MR) is 39.7 cm³/mol. The summed E-state index contributed by atoms with van der Waals surface area (Å²) in [5.74, 6) is 0.262. The third-order valence-corrected chi connectivity index (χ3v) is 2.07. The van der Waals surface area contributed by atoms with E-state index in [1.807, 2.05) is 13.0 Å². The number of hydrogen-bond donors (Lipinski definition) is 1. The van der Waals surface area contributed by atoms with Crippen molar-refractivity contribution in [1.29, 1.82) is 0 Å². The summed E-state index contributed by atoms with van der Waals surface area (Å²) in [6, 6.07) is 0. The third kappa shape index (κ3) is 1.39. The molecule has 0 aromatic heterocycles. The molecule has 10 heavy (non-hydrogen) atoms. The van der Waals surface area contributed by atoms with Gasteiger partial charge in [-0.1, -0.05) is 13.0 Å². The highest BCUT2D eigenvalue weighted by Gasteiger charge is 2.30. The lowest BCUT2D eigenvalue weighted by Crippen LogP contribution is -2.19. The second kappa shape index (κ2) is 3.17. The molecule has 1 N–H and O–H groups in total. The number of aliphatic hydroxyl groups excluding tert-OH is 1. The van der Waals surface area contributed by atoms with Crippen molar-refractivity contribution in [3.63, 3.8) is 0 Å². The van der Waals surface area contributed by atoms with Gasteiger partial charge in [-0.3, -0.25) is 0 Å². The van der Waals surface area contributed by atoms with Crippen molar-refractivity contribution in [1.82, 2.24) is 0 Å². The summed E-state index contributed by atoms with van der Waals surface area (Å²) in [6.45, 7) is 6.11. The molecule has 1 saturated heterocycles. The van der Waals surface area contributed by atoms with Crippen molar-refractivity contribution in [3.05, 3.63) is 12.7 Å². The van der Waals surface area contributed by atoms with Gasteiger partial charge in [-0.2, -0.15) is 0 Å². The summed E-state index contributed by atoms with van der Waals surface area (Å²) in [5.41, 5.74) is 0. The average molecular weight is 142 g/mol. The van der Waals surface area contributed by atoms with Gasteiger partial charge in [-0.15, -0.1) is 6.58 Å². The number of rotatable bonds is 2. The normalized spacial score (nSPS) is 40.0. The molecular formula is C8H14O2. The zero-order valence-electron chi connectivity index (χ0n) is 6.29. The van der Waals surface area contributed by atoms with Crippen molar-refractivity contribution in [2.24, 2.45) is 5.92 Å². The molecule has 1 aliphatic heterocycles. The number of ether oxygens (including phenoxy) is 1. The Bertz CT molecular complexity index is 122. The van der Waals surface area contributed by atoms with Crippen molar-refractivity contribution in [2.45, 2.75) is 25.6 Å². The van der Waals surface area contributed by atoms with Gasteiger partial charge in [-0.25, -0.2) is 0 Å². The number of hydrogen-bond acceptors (Lipinski definition) is 2. The molecule has 1 fully saturated rings. The van der Waals surface area contributed by atoms with E-state index in [2.05, 4.69) is 6.58 Å². The zero-order valence-corrected chi connectivity index (χ0v) is 6.29. The Labute approximate surface area is 61.5 Å². The van der Waals surface area contributed by atoms with E-state index < -0.39 is 0 Å². The third-order valence-electron chi connectivity index (χ3n) is 2.07. The lowest BCUT2D eigenvalue weighted by atomic mass is 9.99. The van der Waals surface area contributed by atoms with Crippen molar-refractivity contribution < 1.29 is 9.84 Å². The predicted octanol–water partition coefficient (Wildman–Crippen LogP) is 0.958. The van der Waals surface area contributed by atoms with E-state index in [0.29, 0.717) is 6.61 Å². The lowest BCUT2D eigenvalue weighted by Gasteiger charge is -2.12. The van der Waals surface area contributed by atoms with E-state index in [-0.39, 0.29) is 18.1 Å². The molecule has 0 radical (unpaired) electrons. The molecule has 1 heterocycles. The van der Waals surface area contributed by atoms with E-state index >= 15 is 0 Å². The molecule has 2 heteroatoms. The topological polar surface area (TPSA) is 29.5 Å². The molecule has 1 rings (SSSR count). The Morgan fingerprint density at radius 3 is 2.90 bits per heavy atom. The Balaban J connectivity index is 2.40. The molecule has 3 unspecified atom stereocenters. The van der Waals surface area contributed by atoms with E-state index in [9.17, 15) is 5.11 Å². The molecular weight excluding hydrogens is 128 g/mol. The summed E-state index contributed by atoms with van der Waals surface area (Å²) < 4.78 is 5.30. The Morgan fingerprint density at radius 1 is 1.80 bits per heavy atom. The van der Waals surface area contributed by atoms with Crippen LogP contribution in [0.3, 0.4) is 0 Å². The monoisotopic (exact) mass is 142 g/mol. The standard InChI is InChI=1S/C8H14O2/c1-3-4-8-6(2)7(9)5-10-8/h3,6-9H,1,4-5H2,2H3. The summed E-state index contributed by atoms with van der Waals surface area (Å²) >= 11 is 0. The molecule has 0 aromatic rings. The maximum atomic E-state index is 9.24. The second-order valence-electron chi connectivity index (χ2n) is 2.82. The first-order valence-electron chi connectivity index (χ1n) is 3.66. The quantitative estimate of drug-likeness (QED) is 0.582. The van der Waals surface area contributed by atoms with Gasteiger partial charge in [0.15, 0.2) is 0 Å². The van der Waals surface area contributed by atoms with Gasteiger partial charge in [0.1, 0.15) is 0 Å². The first-order valence-corrected chi connectivity index (χ1v) is 3.66. The summed E-state index contributed by atoms with van der Waals surface area (Å²) in [7, 11) is 0. The molecule has 0 aromatic carbocycles. The molecule has 0 amide bonds.